The first-order valence-electron chi connectivity index (χ1n) is 4.76. The molecule has 0 unspecified atom stereocenters. The molecule has 17 heavy (non-hydrogen) atoms. The van der Waals surface area contributed by atoms with Crippen molar-refractivity contribution in [1.29, 1.82) is 5.26 Å². The lowest BCUT2D eigenvalue weighted by molar-refractivity contribution is 0.629. The highest BCUT2D eigenvalue weighted by atomic mass is 35.5. The molecule has 2 rings (SSSR count). The zero-order valence-corrected chi connectivity index (χ0v) is 10.1. The zero-order valence-electron chi connectivity index (χ0n) is 8.55. The Morgan fingerprint density at radius 2 is 1.76 bits per heavy atom. The molecule has 84 valence electrons. The van der Waals surface area contributed by atoms with Crippen LogP contribution in [0.4, 0.5) is 4.39 Å². The van der Waals surface area contributed by atoms with Crippen LogP contribution in [0, 0.1) is 17.1 Å². The summed E-state index contributed by atoms with van der Waals surface area (Å²) in [5.41, 5.74) is 1.75. The summed E-state index contributed by atoms with van der Waals surface area (Å²) in [6.07, 6.45) is 0. The van der Waals surface area contributed by atoms with Gasteiger partial charge in [0.05, 0.1) is 16.7 Å². The van der Waals surface area contributed by atoms with Crippen molar-refractivity contribution in [1.82, 2.24) is 0 Å². The normalized spacial score (nSPS) is 10.0. The average Bonchev–Trinajstić information content (AvgIpc) is 2.32. The minimum atomic E-state index is -0.498. The van der Waals surface area contributed by atoms with E-state index in [2.05, 4.69) is 0 Å². The van der Waals surface area contributed by atoms with Crippen molar-refractivity contribution in [2.75, 3.05) is 0 Å². The Kier molecular flexibility index (Phi) is 3.33. The van der Waals surface area contributed by atoms with Gasteiger partial charge in [-0.3, -0.25) is 0 Å². The van der Waals surface area contributed by atoms with E-state index in [1.54, 1.807) is 24.3 Å². The summed E-state index contributed by atoms with van der Waals surface area (Å²) < 4.78 is 13.3. The third kappa shape index (κ3) is 2.58. The fourth-order valence-electron chi connectivity index (χ4n) is 1.50. The smallest absolute Gasteiger partial charge is 0.142 e. The first kappa shape index (κ1) is 11.9. The molecule has 1 nitrogen and oxygen atoms in total. The van der Waals surface area contributed by atoms with Crippen molar-refractivity contribution < 1.29 is 4.39 Å². The fraction of sp³-hybridized carbons (Fsp3) is 0. The molecule has 0 aliphatic carbocycles. The molecule has 0 aliphatic heterocycles. The molecule has 4 heteroatoms. The van der Waals surface area contributed by atoms with Crippen molar-refractivity contribution in [3.63, 3.8) is 0 Å². The predicted molar refractivity (Wildman–Crippen MR) is 66.6 cm³/mol. The third-order valence-corrected chi connectivity index (χ3v) is 2.80. The number of halogens is 3. The van der Waals surface area contributed by atoms with Gasteiger partial charge in [-0.25, -0.2) is 4.39 Å². The second-order valence-corrected chi connectivity index (χ2v) is 4.31. The quantitative estimate of drug-likeness (QED) is 0.735. The number of benzene rings is 2. The van der Waals surface area contributed by atoms with Gasteiger partial charge in [0.2, 0.25) is 0 Å². The lowest BCUT2D eigenvalue weighted by Gasteiger charge is -2.04. The van der Waals surface area contributed by atoms with Crippen molar-refractivity contribution >= 4 is 23.2 Å². The Hall–Kier alpha value is -1.56. The molecule has 2 aromatic rings. The van der Waals surface area contributed by atoms with Crippen LogP contribution in [0.1, 0.15) is 5.56 Å². The van der Waals surface area contributed by atoms with E-state index in [9.17, 15) is 4.39 Å². The minimum absolute atomic E-state index is 0.0660. The van der Waals surface area contributed by atoms with Crippen LogP contribution in [-0.2, 0) is 0 Å². The average molecular weight is 266 g/mol. The van der Waals surface area contributed by atoms with E-state index in [1.165, 1.54) is 12.1 Å². The van der Waals surface area contributed by atoms with Gasteiger partial charge in [0.25, 0.3) is 0 Å². The van der Waals surface area contributed by atoms with E-state index in [-0.39, 0.29) is 5.02 Å². The van der Waals surface area contributed by atoms with E-state index < -0.39 is 5.82 Å². The van der Waals surface area contributed by atoms with Gasteiger partial charge in [-0.15, -0.1) is 0 Å². The van der Waals surface area contributed by atoms with Crippen LogP contribution in [0.25, 0.3) is 11.1 Å². The Balaban J connectivity index is 2.56. The highest BCUT2D eigenvalue weighted by molar-refractivity contribution is 6.31. The Morgan fingerprint density at radius 1 is 1.00 bits per heavy atom. The minimum Gasteiger partial charge on any atom is -0.205 e. The zero-order chi connectivity index (χ0) is 12.4. The summed E-state index contributed by atoms with van der Waals surface area (Å²) >= 11 is 11.5. The van der Waals surface area contributed by atoms with Crippen LogP contribution in [0.5, 0.6) is 0 Å². The highest BCUT2D eigenvalue weighted by Crippen LogP contribution is 2.27. The molecule has 0 heterocycles. The van der Waals surface area contributed by atoms with Gasteiger partial charge >= 0.3 is 0 Å². The topological polar surface area (TPSA) is 23.8 Å². The number of rotatable bonds is 1. The van der Waals surface area contributed by atoms with Gasteiger partial charge in [-0.2, -0.15) is 5.26 Å². The van der Waals surface area contributed by atoms with Crippen molar-refractivity contribution in [3.05, 3.63) is 57.8 Å². The van der Waals surface area contributed by atoms with Crippen molar-refractivity contribution in [2.45, 2.75) is 0 Å². The lowest BCUT2D eigenvalue weighted by atomic mass is 10.0. The maximum absolute atomic E-state index is 13.3. The molecule has 0 bridgehead atoms. The molecule has 0 fully saturated rings. The van der Waals surface area contributed by atoms with Crippen LogP contribution in [-0.4, -0.2) is 0 Å². The number of nitrogens with zero attached hydrogens (tertiary/aromatic N) is 1. The largest absolute Gasteiger partial charge is 0.205 e. The van der Waals surface area contributed by atoms with Crippen LogP contribution < -0.4 is 0 Å². The second kappa shape index (κ2) is 4.75. The first-order valence-corrected chi connectivity index (χ1v) is 5.52. The monoisotopic (exact) mass is 265 g/mol. The molecule has 0 aromatic heterocycles. The maximum Gasteiger partial charge on any atom is 0.142 e. The molecule has 2 aromatic carbocycles. The summed E-state index contributed by atoms with van der Waals surface area (Å²) in [7, 11) is 0. The predicted octanol–water partition coefficient (Wildman–Crippen LogP) is 4.67. The Labute approximate surface area is 108 Å². The van der Waals surface area contributed by atoms with Gasteiger partial charge in [0.15, 0.2) is 0 Å². The van der Waals surface area contributed by atoms with Crippen molar-refractivity contribution in [3.8, 4) is 17.2 Å². The summed E-state index contributed by atoms with van der Waals surface area (Å²) in [6, 6.07) is 11.3. The molecule has 0 N–H and O–H groups in total. The SMILES string of the molecule is N#Cc1cc(Cl)cc(-c2ccc(Cl)c(F)c2)c1. The molecule has 0 spiro atoms. The molecular weight excluding hydrogens is 260 g/mol. The van der Waals surface area contributed by atoms with Gasteiger partial charge in [0.1, 0.15) is 5.82 Å². The molecule has 0 radical (unpaired) electrons. The van der Waals surface area contributed by atoms with Gasteiger partial charge in [-0.1, -0.05) is 29.3 Å². The molecule has 0 amide bonds. The Bertz CT molecular complexity index is 617. The van der Waals surface area contributed by atoms with E-state index in [1.807, 2.05) is 6.07 Å². The number of hydrogen-bond donors (Lipinski definition) is 0. The third-order valence-electron chi connectivity index (χ3n) is 2.28. The highest BCUT2D eigenvalue weighted by Gasteiger charge is 2.05. The molecule has 0 atom stereocenters. The first-order chi connectivity index (χ1) is 8.10. The molecule has 0 saturated heterocycles. The standard InChI is InChI=1S/C13H6Cl2FN/c14-11-4-8(7-17)3-10(5-11)9-1-2-12(15)13(16)6-9/h1-6H. The van der Waals surface area contributed by atoms with Crippen LogP contribution in [0.2, 0.25) is 10.0 Å². The van der Waals surface area contributed by atoms with Crippen LogP contribution >= 0.6 is 23.2 Å². The Morgan fingerprint density at radius 3 is 2.41 bits per heavy atom. The summed E-state index contributed by atoms with van der Waals surface area (Å²) in [6.45, 7) is 0. The van der Waals surface area contributed by atoms with Gasteiger partial charge in [0, 0.05) is 5.02 Å². The van der Waals surface area contributed by atoms with E-state index in [0.29, 0.717) is 21.7 Å². The second-order valence-electron chi connectivity index (χ2n) is 3.47. The summed E-state index contributed by atoms with van der Waals surface area (Å²) in [5, 5.41) is 9.33. The molecule has 0 saturated carbocycles. The maximum atomic E-state index is 13.3. The van der Waals surface area contributed by atoms with Gasteiger partial charge in [-0.05, 0) is 41.5 Å². The van der Waals surface area contributed by atoms with Crippen LogP contribution in [0.15, 0.2) is 36.4 Å². The lowest BCUT2D eigenvalue weighted by Crippen LogP contribution is -1.84. The summed E-state index contributed by atoms with van der Waals surface area (Å²) in [4.78, 5) is 0. The number of nitriles is 1. The van der Waals surface area contributed by atoms with Crippen molar-refractivity contribution in [2.24, 2.45) is 0 Å². The van der Waals surface area contributed by atoms with Crippen LogP contribution in [0.3, 0.4) is 0 Å². The van der Waals surface area contributed by atoms with Gasteiger partial charge < -0.3 is 0 Å². The summed E-state index contributed by atoms with van der Waals surface area (Å²) in [5.74, 6) is -0.498. The number of hydrogen-bond acceptors (Lipinski definition) is 1. The van der Waals surface area contributed by atoms with E-state index in [0.717, 1.165) is 0 Å². The van der Waals surface area contributed by atoms with E-state index in [4.69, 9.17) is 28.5 Å². The fourth-order valence-corrected chi connectivity index (χ4v) is 1.85. The molecular formula is C13H6Cl2FN. The molecule has 0 aliphatic rings. The van der Waals surface area contributed by atoms with E-state index >= 15 is 0 Å².